The van der Waals surface area contributed by atoms with Crippen molar-refractivity contribution in [2.45, 2.75) is 0 Å². The van der Waals surface area contributed by atoms with Crippen molar-refractivity contribution in [1.29, 1.82) is 0 Å². The second-order valence-electron chi connectivity index (χ2n) is 10.3. The fourth-order valence-electron chi connectivity index (χ4n) is 4.57. The maximum Gasteiger partial charge on any atom is 0.265 e. The molecule has 0 heterocycles. The van der Waals surface area contributed by atoms with E-state index in [9.17, 15) is 16.8 Å². The van der Waals surface area contributed by atoms with Crippen LogP contribution in [0, 0.1) is 0 Å². The highest BCUT2D eigenvalue weighted by molar-refractivity contribution is 7.89. The molecule has 0 aliphatic rings. The average molecular weight is 715 g/mol. The summed E-state index contributed by atoms with van der Waals surface area (Å²) in [6.45, 7) is 0. The van der Waals surface area contributed by atoms with Crippen molar-refractivity contribution in [2.75, 3.05) is 11.5 Å². The minimum absolute atomic E-state index is 0.446. The molecule has 0 amide bonds. The average Bonchev–Trinajstić information content (AvgIpc) is 3.11. The van der Waals surface area contributed by atoms with E-state index >= 15 is 0 Å². The van der Waals surface area contributed by atoms with Gasteiger partial charge < -0.3 is 0 Å². The van der Waals surface area contributed by atoms with Gasteiger partial charge in [-0.1, -0.05) is 182 Å². The summed E-state index contributed by atoms with van der Waals surface area (Å²) in [4.78, 5) is 0. The predicted octanol–water partition coefficient (Wildman–Crippen LogP) is 5.65. The summed E-state index contributed by atoms with van der Waals surface area (Å²) >= 11 is 0. The molecular formula is C38H36O6P2S2. The third-order valence-electron chi connectivity index (χ3n) is 6.69. The lowest BCUT2D eigenvalue weighted by molar-refractivity contribution is 0.472. The molecule has 0 saturated carbocycles. The van der Waals surface area contributed by atoms with Crippen molar-refractivity contribution in [3.63, 3.8) is 0 Å². The topological polar surface area (TPSA) is 109 Å². The van der Waals surface area contributed by atoms with Crippen LogP contribution in [0.2, 0.25) is 0 Å². The van der Waals surface area contributed by atoms with E-state index in [1.54, 1.807) is 0 Å². The molecule has 0 aliphatic carbocycles. The van der Waals surface area contributed by atoms with Gasteiger partial charge in [-0.2, -0.15) is 16.8 Å². The van der Waals surface area contributed by atoms with Gasteiger partial charge >= 0.3 is 0 Å². The third kappa shape index (κ3) is 12.6. The number of rotatable bonds is 9. The van der Waals surface area contributed by atoms with Crippen LogP contribution in [0.5, 0.6) is 0 Å². The SMILES string of the molecule is O=S(=O)(O)CCS(=O)(=O)O.c1ccc(P(c2ccccc2)c2ccccc2)cc1.c1ccc(P(c2ccccc2)c2ccccc2)cc1. The fraction of sp³-hybridized carbons (Fsp3) is 0.0526. The third-order valence-corrected chi connectivity index (χ3v) is 13.3. The first kappa shape index (κ1) is 36.8. The molecule has 0 fully saturated rings. The number of benzene rings is 6. The monoisotopic (exact) mass is 714 g/mol. The zero-order chi connectivity index (χ0) is 34.2. The van der Waals surface area contributed by atoms with Crippen molar-refractivity contribution >= 4 is 67.9 Å². The van der Waals surface area contributed by atoms with E-state index in [2.05, 4.69) is 182 Å². The molecule has 10 heteroatoms. The van der Waals surface area contributed by atoms with E-state index in [1.807, 2.05) is 0 Å². The molecule has 6 aromatic rings. The van der Waals surface area contributed by atoms with Crippen molar-refractivity contribution < 1.29 is 25.9 Å². The molecule has 0 saturated heterocycles. The maximum absolute atomic E-state index is 9.86. The first-order valence-corrected chi connectivity index (χ1v) is 20.8. The van der Waals surface area contributed by atoms with Gasteiger partial charge in [0.25, 0.3) is 20.2 Å². The van der Waals surface area contributed by atoms with Gasteiger partial charge in [-0.25, -0.2) is 0 Å². The normalized spacial score (nSPS) is 11.2. The highest BCUT2D eigenvalue weighted by Crippen LogP contribution is 2.33. The van der Waals surface area contributed by atoms with E-state index in [4.69, 9.17) is 9.11 Å². The molecular weight excluding hydrogens is 678 g/mol. The summed E-state index contributed by atoms with van der Waals surface area (Å²) in [7, 11) is -9.48. The van der Waals surface area contributed by atoms with E-state index in [1.165, 1.54) is 31.8 Å². The van der Waals surface area contributed by atoms with Crippen LogP contribution in [-0.4, -0.2) is 37.4 Å². The van der Waals surface area contributed by atoms with E-state index in [0.29, 0.717) is 0 Å². The molecule has 0 atom stereocenters. The van der Waals surface area contributed by atoms with Crippen LogP contribution in [0.25, 0.3) is 0 Å². The largest absolute Gasteiger partial charge is 0.286 e. The Balaban J connectivity index is 0.000000172. The molecule has 0 radical (unpaired) electrons. The first-order valence-electron chi connectivity index (χ1n) is 14.9. The Hall–Kier alpha value is -4.00. The van der Waals surface area contributed by atoms with Crippen LogP contribution in [0.15, 0.2) is 182 Å². The van der Waals surface area contributed by atoms with Crippen molar-refractivity contribution in [3.05, 3.63) is 182 Å². The quantitative estimate of drug-likeness (QED) is 0.148. The van der Waals surface area contributed by atoms with Gasteiger partial charge in [-0.05, 0) is 47.7 Å². The van der Waals surface area contributed by atoms with Gasteiger partial charge in [0.15, 0.2) is 0 Å². The molecule has 0 bridgehead atoms. The maximum atomic E-state index is 9.86. The Morgan fingerprint density at radius 1 is 0.312 bits per heavy atom. The van der Waals surface area contributed by atoms with Gasteiger partial charge in [0.2, 0.25) is 0 Å². The van der Waals surface area contributed by atoms with Crippen LogP contribution in [-0.2, 0) is 20.2 Å². The summed E-state index contributed by atoms with van der Waals surface area (Å²) in [5.74, 6) is -1.96. The molecule has 48 heavy (non-hydrogen) atoms. The molecule has 0 unspecified atom stereocenters. The van der Waals surface area contributed by atoms with Gasteiger partial charge in [0, 0.05) is 0 Å². The van der Waals surface area contributed by atoms with E-state index in [0.717, 1.165) is 0 Å². The van der Waals surface area contributed by atoms with Crippen molar-refractivity contribution in [3.8, 4) is 0 Å². The Bertz CT molecular complexity index is 1660. The molecule has 0 aromatic heterocycles. The molecule has 0 aliphatic heterocycles. The molecule has 246 valence electrons. The minimum atomic E-state index is -4.30. The van der Waals surface area contributed by atoms with Crippen LogP contribution in [0.4, 0.5) is 0 Å². The lowest BCUT2D eigenvalue weighted by Gasteiger charge is -2.18. The van der Waals surface area contributed by atoms with Gasteiger partial charge in [0.1, 0.15) is 0 Å². The number of hydrogen-bond donors (Lipinski definition) is 2. The van der Waals surface area contributed by atoms with E-state index in [-0.39, 0.29) is 0 Å². The minimum Gasteiger partial charge on any atom is -0.286 e. The molecule has 0 spiro atoms. The highest BCUT2D eigenvalue weighted by Gasteiger charge is 2.16. The summed E-state index contributed by atoms with van der Waals surface area (Å²) in [6.07, 6.45) is 0. The molecule has 6 nitrogen and oxygen atoms in total. The number of hydrogen-bond acceptors (Lipinski definition) is 4. The lowest BCUT2D eigenvalue weighted by atomic mass is 10.4. The summed E-state index contributed by atoms with van der Waals surface area (Å²) in [5, 5.41) is 8.39. The first-order chi connectivity index (χ1) is 23.1. The van der Waals surface area contributed by atoms with Crippen molar-refractivity contribution in [2.24, 2.45) is 0 Å². The van der Waals surface area contributed by atoms with Crippen LogP contribution < -0.4 is 31.8 Å². The molecule has 2 N–H and O–H groups in total. The predicted molar refractivity (Wildman–Crippen MR) is 203 cm³/mol. The second kappa shape index (κ2) is 18.5. The Morgan fingerprint density at radius 2 is 0.458 bits per heavy atom. The van der Waals surface area contributed by atoms with Crippen LogP contribution in [0.1, 0.15) is 0 Å². The standard InChI is InChI=1S/2C18H15P.C2H6O6S2/c2*1-4-10-16(11-5-1)19(17-12-6-2-7-13-17)18-14-8-3-9-15-18;3-9(4,5)1-2-10(6,7)8/h2*1-15H;1-2H2,(H,3,4,5)(H,6,7,8). The Morgan fingerprint density at radius 3 is 0.583 bits per heavy atom. The Labute approximate surface area is 286 Å². The lowest BCUT2D eigenvalue weighted by Crippen LogP contribution is -2.20. The van der Waals surface area contributed by atoms with Gasteiger partial charge in [-0.3, -0.25) is 9.11 Å². The van der Waals surface area contributed by atoms with Crippen molar-refractivity contribution in [1.82, 2.24) is 0 Å². The second-order valence-corrected chi connectivity index (χ2v) is 17.8. The van der Waals surface area contributed by atoms with Crippen LogP contribution >= 0.6 is 15.8 Å². The van der Waals surface area contributed by atoms with Crippen LogP contribution in [0.3, 0.4) is 0 Å². The zero-order valence-electron chi connectivity index (χ0n) is 26.0. The van der Waals surface area contributed by atoms with E-state index < -0.39 is 47.6 Å². The zero-order valence-corrected chi connectivity index (χ0v) is 29.4. The summed E-state index contributed by atoms with van der Waals surface area (Å²) < 4.78 is 55.4. The van der Waals surface area contributed by atoms with Gasteiger partial charge in [-0.15, -0.1) is 0 Å². The Kier molecular flexibility index (Phi) is 14.2. The molecule has 6 rings (SSSR count). The summed E-state index contributed by atoms with van der Waals surface area (Å²) in [6, 6.07) is 64.7. The fourth-order valence-corrected chi connectivity index (χ4v) is 10.9. The summed E-state index contributed by atoms with van der Waals surface area (Å²) in [5.41, 5.74) is 0. The highest BCUT2D eigenvalue weighted by atomic mass is 32.2. The smallest absolute Gasteiger partial charge is 0.265 e. The molecule has 6 aromatic carbocycles. The van der Waals surface area contributed by atoms with Gasteiger partial charge in [0.05, 0.1) is 11.5 Å².